The second-order valence-electron chi connectivity index (χ2n) is 10.2. The molecule has 0 aliphatic carbocycles. The highest BCUT2D eigenvalue weighted by molar-refractivity contribution is 5.49. The number of nitrogens with two attached hydrogens (primary N) is 1. The van der Waals surface area contributed by atoms with E-state index in [1.165, 1.54) is 4.57 Å². The van der Waals surface area contributed by atoms with E-state index in [2.05, 4.69) is 10.9 Å². The van der Waals surface area contributed by atoms with E-state index in [-0.39, 0.29) is 19.0 Å². The average molecular weight is 582 g/mol. The van der Waals surface area contributed by atoms with E-state index < -0.39 is 29.7 Å². The Kier molecular flexibility index (Phi) is 9.12. The fourth-order valence-corrected chi connectivity index (χ4v) is 5.42. The third-order valence-corrected chi connectivity index (χ3v) is 7.68. The van der Waals surface area contributed by atoms with Gasteiger partial charge in [-0.1, -0.05) is 60.5 Å². The van der Waals surface area contributed by atoms with Crippen molar-refractivity contribution in [2.45, 2.75) is 37.4 Å². The number of nitrogens with zero attached hydrogens (tertiary/aromatic N) is 2. The lowest BCUT2D eigenvalue weighted by Crippen LogP contribution is -2.38. The Bertz CT molecular complexity index is 1570. The fraction of sp³-hybridized carbons (Fsp3) is 0.294. The zero-order chi connectivity index (χ0) is 30.4. The monoisotopic (exact) mass is 581 g/mol. The van der Waals surface area contributed by atoms with Gasteiger partial charge in [-0.2, -0.15) is 4.98 Å². The summed E-state index contributed by atoms with van der Waals surface area (Å²) in [7, 11) is 3.26. The topological polar surface area (TPSA) is 107 Å². The van der Waals surface area contributed by atoms with E-state index in [9.17, 15) is 4.79 Å². The smallest absolute Gasteiger partial charge is 0.351 e. The molecule has 1 aliphatic rings. The van der Waals surface area contributed by atoms with Crippen LogP contribution in [0.4, 0.5) is 5.82 Å². The van der Waals surface area contributed by atoms with Crippen LogP contribution in [-0.4, -0.2) is 49.2 Å². The first-order valence-corrected chi connectivity index (χ1v) is 13.9. The molecule has 0 amide bonds. The number of aromatic nitrogens is 2. The maximum absolute atomic E-state index is 12.8. The zero-order valence-corrected chi connectivity index (χ0v) is 24.4. The van der Waals surface area contributed by atoms with E-state index in [1.807, 2.05) is 78.9 Å². The second kappa shape index (κ2) is 13.1. The lowest BCUT2D eigenvalue weighted by molar-refractivity contribution is -0.102. The predicted molar refractivity (Wildman–Crippen MR) is 163 cm³/mol. The summed E-state index contributed by atoms with van der Waals surface area (Å²) in [4.78, 5) is 16.7. The molecular formula is C34H35N3O6. The van der Waals surface area contributed by atoms with Crippen LogP contribution in [0, 0.1) is 19.3 Å². The number of ether oxygens (including phenoxy) is 5. The molecule has 0 radical (unpaired) electrons. The van der Waals surface area contributed by atoms with E-state index in [4.69, 9.17) is 35.8 Å². The Morgan fingerprint density at radius 2 is 1.56 bits per heavy atom. The van der Waals surface area contributed by atoms with Gasteiger partial charge in [-0.05, 0) is 47.9 Å². The maximum Gasteiger partial charge on any atom is 0.351 e. The lowest BCUT2D eigenvalue weighted by Gasteiger charge is -2.37. The number of benzene rings is 3. The van der Waals surface area contributed by atoms with Gasteiger partial charge in [0.05, 0.1) is 26.9 Å². The second-order valence-corrected chi connectivity index (χ2v) is 10.2. The average Bonchev–Trinajstić information content (AvgIpc) is 3.45. The zero-order valence-electron chi connectivity index (χ0n) is 24.4. The first kappa shape index (κ1) is 29.9. The Labute approximate surface area is 251 Å². The summed E-state index contributed by atoms with van der Waals surface area (Å²) in [5.41, 5.74) is 7.66. The van der Waals surface area contributed by atoms with Crippen LogP contribution in [0.3, 0.4) is 0 Å². The molecule has 1 saturated heterocycles. The largest absolute Gasteiger partial charge is 0.497 e. The van der Waals surface area contributed by atoms with Crippen LogP contribution >= 0.6 is 0 Å². The van der Waals surface area contributed by atoms with Crippen LogP contribution in [0.1, 0.15) is 34.9 Å². The summed E-state index contributed by atoms with van der Waals surface area (Å²) in [5.74, 6) is 4.17. The van der Waals surface area contributed by atoms with Crippen molar-refractivity contribution in [3.8, 4) is 23.8 Å². The summed E-state index contributed by atoms with van der Waals surface area (Å²) in [6, 6.07) is 25.6. The minimum absolute atomic E-state index is 0.0892. The minimum atomic E-state index is -1.05. The summed E-state index contributed by atoms with van der Waals surface area (Å²) < 4.78 is 31.8. The molecule has 3 aromatic carbocycles. The maximum atomic E-state index is 12.8. The molecule has 1 aliphatic heterocycles. The molecule has 1 fully saturated rings. The molecule has 9 nitrogen and oxygen atoms in total. The van der Waals surface area contributed by atoms with Crippen molar-refractivity contribution in [2.75, 3.05) is 33.2 Å². The Balaban J connectivity index is 1.56. The third kappa shape index (κ3) is 6.13. The van der Waals surface area contributed by atoms with Crippen molar-refractivity contribution < 1.29 is 23.7 Å². The molecule has 3 atom stereocenters. The van der Waals surface area contributed by atoms with Crippen LogP contribution in [0.25, 0.3) is 0 Å². The third-order valence-electron chi connectivity index (χ3n) is 7.68. The number of hydrogen-bond donors (Lipinski definition) is 1. The highest BCUT2D eigenvalue weighted by Gasteiger charge is 2.43. The van der Waals surface area contributed by atoms with Crippen LogP contribution in [0.2, 0.25) is 0 Å². The minimum Gasteiger partial charge on any atom is -0.497 e. The van der Waals surface area contributed by atoms with Gasteiger partial charge in [-0.25, -0.2) is 4.79 Å². The number of hydrogen-bond acceptors (Lipinski definition) is 8. The first-order valence-electron chi connectivity index (χ1n) is 13.9. The fourth-order valence-electron chi connectivity index (χ4n) is 5.42. The molecule has 0 saturated carbocycles. The number of methoxy groups -OCH3 is 2. The number of rotatable bonds is 11. The molecule has 2 N–H and O–H groups in total. The highest BCUT2D eigenvalue weighted by Crippen LogP contribution is 2.43. The molecular weight excluding hydrogens is 546 g/mol. The normalized spacial score (nSPS) is 18.2. The van der Waals surface area contributed by atoms with Crippen LogP contribution in [-0.2, 0) is 19.8 Å². The van der Waals surface area contributed by atoms with Crippen molar-refractivity contribution >= 4 is 5.82 Å². The van der Waals surface area contributed by atoms with Crippen molar-refractivity contribution in [3.05, 3.63) is 118 Å². The number of terminal acetylenes is 1. The van der Waals surface area contributed by atoms with Crippen LogP contribution in [0.5, 0.6) is 11.5 Å². The van der Waals surface area contributed by atoms with Gasteiger partial charge >= 0.3 is 5.69 Å². The summed E-state index contributed by atoms with van der Waals surface area (Å²) in [5, 5.41) is 0. The molecule has 0 unspecified atom stereocenters. The van der Waals surface area contributed by atoms with Gasteiger partial charge < -0.3 is 29.4 Å². The summed E-state index contributed by atoms with van der Waals surface area (Å²) in [6.45, 7) is 2.00. The molecule has 0 bridgehead atoms. The molecule has 222 valence electrons. The van der Waals surface area contributed by atoms with E-state index >= 15 is 0 Å². The van der Waals surface area contributed by atoms with Gasteiger partial charge in [0.25, 0.3) is 0 Å². The standard InChI is InChI=1S/C34H35N3O6/c1-5-19-41-29-20-31(37-21-23(2)32(35)36-33(37)38)43-30(29)22-42-34(24-9-7-6-8-10-24,25-11-15-27(39-3)16-12-25)26-13-17-28(40-4)18-14-26/h1,6-18,21,29-31H,19-20,22H2,2-4H3,(H2,35,36,38)/t29-,30+,31+/m0/s1. The Morgan fingerprint density at radius 3 is 2.12 bits per heavy atom. The molecule has 4 aromatic rings. The Morgan fingerprint density at radius 1 is 0.977 bits per heavy atom. The molecule has 43 heavy (non-hydrogen) atoms. The number of aryl methyl sites for hydroxylation is 1. The van der Waals surface area contributed by atoms with Gasteiger partial charge in [0.2, 0.25) is 0 Å². The van der Waals surface area contributed by atoms with Gasteiger partial charge in [-0.15, -0.1) is 6.42 Å². The van der Waals surface area contributed by atoms with E-state index in [1.54, 1.807) is 27.3 Å². The summed E-state index contributed by atoms with van der Waals surface area (Å²) in [6.07, 6.45) is 5.93. The van der Waals surface area contributed by atoms with Gasteiger partial charge in [0.15, 0.2) is 0 Å². The predicted octanol–water partition coefficient (Wildman–Crippen LogP) is 4.47. The number of anilines is 1. The van der Waals surface area contributed by atoms with Crippen LogP contribution in [0.15, 0.2) is 89.9 Å². The molecule has 9 heteroatoms. The van der Waals surface area contributed by atoms with E-state index in [0.717, 1.165) is 28.2 Å². The molecule has 5 rings (SSSR count). The first-order chi connectivity index (χ1) is 20.9. The van der Waals surface area contributed by atoms with Crippen molar-refractivity contribution in [3.63, 3.8) is 0 Å². The van der Waals surface area contributed by atoms with Crippen molar-refractivity contribution in [1.29, 1.82) is 0 Å². The Hall–Kier alpha value is -4.62. The molecule has 0 spiro atoms. The quantitative estimate of drug-likeness (QED) is 0.204. The van der Waals surface area contributed by atoms with Gasteiger partial charge in [0.1, 0.15) is 41.9 Å². The van der Waals surface area contributed by atoms with Gasteiger partial charge in [0, 0.05) is 18.2 Å². The van der Waals surface area contributed by atoms with Gasteiger partial charge in [-0.3, -0.25) is 4.57 Å². The van der Waals surface area contributed by atoms with Crippen molar-refractivity contribution in [1.82, 2.24) is 9.55 Å². The number of nitrogen functional groups attached to an aromatic ring is 1. The lowest BCUT2D eigenvalue weighted by atomic mass is 9.80. The van der Waals surface area contributed by atoms with Crippen LogP contribution < -0.4 is 20.9 Å². The molecule has 2 heterocycles. The molecule has 1 aromatic heterocycles. The SMILES string of the molecule is C#CCO[C@H]1C[C@H](n2cc(C)c(N)nc2=O)O[C@@H]1COC(c1ccccc1)(c1ccc(OC)cc1)c1ccc(OC)cc1. The highest BCUT2D eigenvalue weighted by atomic mass is 16.6. The van der Waals surface area contributed by atoms with E-state index in [0.29, 0.717) is 12.0 Å². The summed E-state index contributed by atoms with van der Waals surface area (Å²) >= 11 is 0. The van der Waals surface area contributed by atoms with Crippen molar-refractivity contribution in [2.24, 2.45) is 0 Å².